The molecule has 3 nitrogen and oxygen atoms in total. The van der Waals surface area contributed by atoms with E-state index in [1.807, 2.05) is 0 Å². The van der Waals surface area contributed by atoms with Gasteiger partial charge in [-0.3, -0.25) is 0 Å². The molecule has 1 aromatic heterocycles. The molecule has 0 aliphatic rings. The SMILES string of the molecule is FC(F)(F)c1ccc(Br)c(-c2nnc(Cl)o2)c1. The third kappa shape index (κ3) is 2.61. The van der Waals surface area contributed by atoms with E-state index >= 15 is 0 Å². The first kappa shape index (κ1) is 12.4. The van der Waals surface area contributed by atoms with Gasteiger partial charge >= 0.3 is 11.5 Å². The molecular formula is C9H3BrClF3N2O. The molecule has 2 rings (SSSR count). The van der Waals surface area contributed by atoms with Crippen LogP contribution in [0.3, 0.4) is 0 Å². The average molecular weight is 327 g/mol. The molecule has 0 spiro atoms. The van der Waals surface area contributed by atoms with Crippen LogP contribution < -0.4 is 0 Å². The molecule has 0 saturated carbocycles. The molecule has 0 atom stereocenters. The summed E-state index contributed by atoms with van der Waals surface area (Å²) in [4.78, 5) is 0. The van der Waals surface area contributed by atoms with Crippen LogP contribution in [-0.2, 0) is 6.18 Å². The van der Waals surface area contributed by atoms with Gasteiger partial charge < -0.3 is 4.42 Å². The fourth-order valence-corrected chi connectivity index (χ4v) is 1.71. The summed E-state index contributed by atoms with van der Waals surface area (Å²) in [7, 11) is 0. The Morgan fingerprint density at radius 1 is 1.24 bits per heavy atom. The Kier molecular flexibility index (Phi) is 3.13. The van der Waals surface area contributed by atoms with E-state index in [-0.39, 0.29) is 16.8 Å². The second-order valence-electron chi connectivity index (χ2n) is 3.05. The summed E-state index contributed by atoms with van der Waals surface area (Å²) in [6, 6.07) is 3.12. The summed E-state index contributed by atoms with van der Waals surface area (Å²) in [5, 5.41) is 6.66. The fraction of sp³-hybridized carbons (Fsp3) is 0.111. The molecule has 0 fully saturated rings. The van der Waals surface area contributed by atoms with Crippen molar-refractivity contribution in [1.29, 1.82) is 0 Å². The third-order valence-electron chi connectivity index (χ3n) is 1.92. The van der Waals surface area contributed by atoms with Crippen LogP contribution in [0.25, 0.3) is 11.5 Å². The normalized spacial score (nSPS) is 11.8. The second-order valence-corrected chi connectivity index (χ2v) is 4.23. The van der Waals surface area contributed by atoms with E-state index in [0.717, 1.165) is 12.1 Å². The Balaban J connectivity index is 2.54. The van der Waals surface area contributed by atoms with Gasteiger partial charge in [0, 0.05) is 4.47 Å². The summed E-state index contributed by atoms with van der Waals surface area (Å²) in [5.74, 6) is -0.0759. The standard InChI is InChI=1S/C9H3BrClF3N2O/c10-6-2-1-4(9(12,13)14)3-5(6)7-15-16-8(11)17-7/h1-3H. The number of alkyl halides is 3. The molecule has 0 aliphatic carbocycles. The van der Waals surface area contributed by atoms with Crippen LogP contribution >= 0.6 is 27.5 Å². The maximum atomic E-state index is 12.5. The largest absolute Gasteiger partial charge is 0.416 e. The van der Waals surface area contributed by atoms with Gasteiger partial charge in [-0.05, 0) is 45.7 Å². The van der Waals surface area contributed by atoms with E-state index in [1.165, 1.54) is 6.07 Å². The molecule has 2 aromatic rings. The molecule has 17 heavy (non-hydrogen) atoms. The molecule has 1 aromatic carbocycles. The average Bonchev–Trinajstić information content (AvgIpc) is 2.63. The van der Waals surface area contributed by atoms with Crippen LogP contribution in [0, 0.1) is 0 Å². The zero-order valence-corrected chi connectivity index (χ0v) is 10.3. The molecule has 0 amide bonds. The molecule has 0 unspecified atom stereocenters. The van der Waals surface area contributed by atoms with Crippen molar-refractivity contribution in [2.24, 2.45) is 0 Å². The maximum Gasteiger partial charge on any atom is 0.416 e. The smallest absolute Gasteiger partial charge is 0.407 e. The number of aromatic nitrogens is 2. The van der Waals surface area contributed by atoms with Gasteiger partial charge in [-0.2, -0.15) is 13.2 Å². The zero-order valence-electron chi connectivity index (χ0n) is 7.92. The number of nitrogens with zero attached hydrogens (tertiary/aromatic N) is 2. The lowest BCUT2D eigenvalue weighted by atomic mass is 10.1. The van der Waals surface area contributed by atoms with E-state index in [2.05, 4.69) is 26.1 Å². The number of benzene rings is 1. The van der Waals surface area contributed by atoms with Crippen LogP contribution in [0.5, 0.6) is 0 Å². The minimum absolute atomic E-state index is 0.0759. The monoisotopic (exact) mass is 326 g/mol. The predicted octanol–water partition coefficient (Wildman–Crippen LogP) is 4.17. The zero-order chi connectivity index (χ0) is 12.6. The summed E-state index contributed by atoms with van der Waals surface area (Å²) < 4.78 is 42.8. The van der Waals surface area contributed by atoms with Crippen LogP contribution in [0.1, 0.15) is 5.56 Å². The van der Waals surface area contributed by atoms with Gasteiger partial charge in [0.1, 0.15) is 0 Å². The van der Waals surface area contributed by atoms with Crippen molar-refractivity contribution in [3.63, 3.8) is 0 Å². The topological polar surface area (TPSA) is 38.9 Å². The Morgan fingerprint density at radius 3 is 2.47 bits per heavy atom. The van der Waals surface area contributed by atoms with Crippen LogP contribution in [0.4, 0.5) is 13.2 Å². The highest BCUT2D eigenvalue weighted by Gasteiger charge is 2.31. The van der Waals surface area contributed by atoms with Crippen molar-refractivity contribution in [1.82, 2.24) is 10.2 Å². The van der Waals surface area contributed by atoms with Crippen LogP contribution in [0.15, 0.2) is 27.1 Å². The van der Waals surface area contributed by atoms with Crippen molar-refractivity contribution < 1.29 is 17.6 Å². The molecule has 0 aliphatic heterocycles. The van der Waals surface area contributed by atoms with E-state index in [0.29, 0.717) is 4.47 Å². The molecule has 90 valence electrons. The predicted molar refractivity (Wildman–Crippen MR) is 57.4 cm³/mol. The third-order valence-corrected chi connectivity index (χ3v) is 2.77. The van der Waals surface area contributed by atoms with E-state index < -0.39 is 11.7 Å². The van der Waals surface area contributed by atoms with Crippen molar-refractivity contribution in [3.8, 4) is 11.5 Å². The first-order valence-electron chi connectivity index (χ1n) is 4.24. The quantitative estimate of drug-likeness (QED) is 0.789. The highest BCUT2D eigenvalue weighted by Crippen LogP contribution is 2.35. The minimum atomic E-state index is -4.43. The lowest BCUT2D eigenvalue weighted by Crippen LogP contribution is -2.04. The van der Waals surface area contributed by atoms with Crippen LogP contribution in [0.2, 0.25) is 5.35 Å². The lowest BCUT2D eigenvalue weighted by Gasteiger charge is -2.08. The van der Waals surface area contributed by atoms with Gasteiger partial charge in [-0.1, -0.05) is 5.10 Å². The molecule has 1 heterocycles. The molecule has 0 N–H and O–H groups in total. The number of hydrogen-bond acceptors (Lipinski definition) is 3. The number of hydrogen-bond donors (Lipinski definition) is 0. The van der Waals surface area contributed by atoms with Crippen molar-refractivity contribution in [2.45, 2.75) is 6.18 Å². The maximum absolute atomic E-state index is 12.5. The van der Waals surface area contributed by atoms with Gasteiger partial charge in [0.05, 0.1) is 11.1 Å². The van der Waals surface area contributed by atoms with Gasteiger partial charge in [-0.15, -0.1) is 5.10 Å². The van der Waals surface area contributed by atoms with E-state index in [4.69, 9.17) is 16.0 Å². The van der Waals surface area contributed by atoms with Gasteiger partial charge in [0.25, 0.3) is 0 Å². The molecule has 0 bridgehead atoms. The number of rotatable bonds is 1. The Labute approximate surface area is 107 Å². The van der Waals surface area contributed by atoms with Crippen molar-refractivity contribution >= 4 is 27.5 Å². The van der Waals surface area contributed by atoms with Crippen molar-refractivity contribution in [2.75, 3.05) is 0 Å². The van der Waals surface area contributed by atoms with Gasteiger partial charge in [0.2, 0.25) is 5.89 Å². The highest BCUT2D eigenvalue weighted by molar-refractivity contribution is 9.10. The summed E-state index contributed by atoms with van der Waals surface area (Å²) in [5.41, 5.74) is -0.663. The lowest BCUT2D eigenvalue weighted by molar-refractivity contribution is -0.137. The Morgan fingerprint density at radius 2 is 1.94 bits per heavy atom. The first-order valence-corrected chi connectivity index (χ1v) is 5.41. The summed E-state index contributed by atoms with van der Waals surface area (Å²) in [6.07, 6.45) is -4.43. The second kappa shape index (κ2) is 4.30. The molecule has 0 radical (unpaired) electrons. The highest BCUT2D eigenvalue weighted by atomic mass is 79.9. The Bertz CT molecular complexity index is 555. The molecular weight excluding hydrogens is 324 g/mol. The minimum Gasteiger partial charge on any atom is -0.407 e. The molecule has 8 heteroatoms. The number of halogens is 5. The first-order chi connectivity index (χ1) is 7.88. The summed E-state index contributed by atoms with van der Waals surface area (Å²) in [6.45, 7) is 0. The van der Waals surface area contributed by atoms with Gasteiger partial charge in [0.15, 0.2) is 0 Å². The fourth-order valence-electron chi connectivity index (χ4n) is 1.18. The van der Waals surface area contributed by atoms with Crippen LogP contribution in [-0.4, -0.2) is 10.2 Å². The Hall–Kier alpha value is -1.08. The van der Waals surface area contributed by atoms with E-state index in [9.17, 15) is 13.2 Å². The summed E-state index contributed by atoms with van der Waals surface area (Å²) >= 11 is 8.52. The van der Waals surface area contributed by atoms with Crippen molar-refractivity contribution in [3.05, 3.63) is 33.6 Å². The van der Waals surface area contributed by atoms with Gasteiger partial charge in [-0.25, -0.2) is 0 Å². The van der Waals surface area contributed by atoms with E-state index in [1.54, 1.807) is 0 Å². The molecule has 0 saturated heterocycles.